The van der Waals surface area contributed by atoms with Crippen LogP contribution in [0.15, 0.2) is 55.0 Å². The van der Waals surface area contributed by atoms with Crippen LogP contribution in [0.2, 0.25) is 0 Å². The molecule has 4 aromatic rings. The number of methoxy groups -OCH3 is 1. The summed E-state index contributed by atoms with van der Waals surface area (Å²) in [5, 5.41) is 3.80. The summed E-state index contributed by atoms with van der Waals surface area (Å²) in [4.78, 5) is 27.2. The Balaban J connectivity index is 1.65. The summed E-state index contributed by atoms with van der Waals surface area (Å²) in [5.74, 6) is 1.29. The first kappa shape index (κ1) is 19.3. The fourth-order valence-electron chi connectivity index (χ4n) is 4.12. The molecular formula is C23H24N6O2. The Morgan fingerprint density at radius 1 is 1.06 bits per heavy atom. The van der Waals surface area contributed by atoms with E-state index < -0.39 is 0 Å². The first-order valence-electron chi connectivity index (χ1n) is 10.3. The van der Waals surface area contributed by atoms with Gasteiger partial charge in [-0.05, 0) is 31.3 Å². The lowest BCUT2D eigenvalue weighted by atomic mass is 10.1. The van der Waals surface area contributed by atoms with Gasteiger partial charge in [-0.3, -0.25) is 4.79 Å². The van der Waals surface area contributed by atoms with Gasteiger partial charge in [0.15, 0.2) is 5.65 Å². The van der Waals surface area contributed by atoms with E-state index in [2.05, 4.69) is 32.1 Å². The number of amides is 1. The van der Waals surface area contributed by atoms with Crippen LogP contribution in [-0.2, 0) is 0 Å². The van der Waals surface area contributed by atoms with Crippen molar-refractivity contribution in [3.05, 3.63) is 60.6 Å². The molecule has 0 bridgehead atoms. The lowest BCUT2D eigenvalue weighted by Gasteiger charge is -2.33. The third kappa shape index (κ3) is 3.44. The molecular weight excluding hydrogens is 392 g/mol. The molecule has 4 heterocycles. The number of likely N-dealkylation sites (N-methyl/N-ethyl adjacent to an activating group) is 1. The van der Waals surface area contributed by atoms with Crippen molar-refractivity contribution in [1.82, 2.24) is 19.3 Å². The van der Waals surface area contributed by atoms with E-state index in [-0.39, 0.29) is 5.91 Å². The minimum Gasteiger partial charge on any atom is -0.497 e. The van der Waals surface area contributed by atoms with Crippen LogP contribution in [0.5, 0.6) is 5.75 Å². The Bertz CT molecular complexity index is 1260. The number of rotatable bonds is 4. The van der Waals surface area contributed by atoms with Crippen molar-refractivity contribution in [2.75, 3.05) is 50.6 Å². The van der Waals surface area contributed by atoms with Gasteiger partial charge in [0.2, 0.25) is 0 Å². The SMILES string of the molecule is COc1cccc(NC(=O)c2c3c(N4CCN(C)CC4)ncnc3n3ccccc23)c1. The Morgan fingerprint density at radius 3 is 2.71 bits per heavy atom. The molecule has 0 aliphatic carbocycles. The zero-order valence-electron chi connectivity index (χ0n) is 17.6. The van der Waals surface area contributed by atoms with E-state index in [9.17, 15) is 4.79 Å². The smallest absolute Gasteiger partial charge is 0.258 e. The maximum absolute atomic E-state index is 13.5. The molecule has 0 unspecified atom stereocenters. The van der Waals surface area contributed by atoms with Crippen LogP contribution in [-0.4, -0.2) is 65.5 Å². The van der Waals surface area contributed by atoms with Gasteiger partial charge in [0.05, 0.1) is 23.6 Å². The van der Waals surface area contributed by atoms with E-state index >= 15 is 0 Å². The molecule has 8 heteroatoms. The van der Waals surface area contributed by atoms with Crippen molar-refractivity contribution in [1.29, 1.82) is 0 Å². The highest BCUT2D eigenvalue weighted by Gasteiger charge is 2.26. The minimum atomic E-state index is -0.197. The van der Waals surface area contributed by atoms with Gasteiger partial charge in [0.1, 0.15) is 17.9 Å². The van der Waals surface area contributed by atoms with Gasteiger partial charge in [0, 0.05) is 44.1 Å². The molecule has 1 aliphatic heterocycles. The number of benzene rings is 1. The highest BCUT2D eigenvalue weighted by atomic mass is 16.5. The summed E-state index contributed by atoms with van der Waals surface area (Å²) in [7, 11) is 3.72. The number of hydrogen-bond donors (Lipinski definition) is 1. The molecule has 5 rings (SSSR count). The average Bonchev–Trinajstić information content (AvgIpc) is 3.14. The van der Waals surface area contributed by atoms with Gasteiger partial charge < -0.3 is 24.3 Å². The normalized spacial score (nSPS) is 14.8. The number of anilines is 2. The molecule has 0 saturated carbocycles. The van der Waals surface area contributed by atoms with Crippen LogP contribution in [0, 0.1) is 0 Å². The number of aromatic nitrogens is 3. The Labute approximate surface area is 180 Å². The molecule has 1 aromatic carbocycles. The molecule has 0 atom stereocenters. The fraction of sp³-hybridized carbons (Fsp3) is 0.261. The standard InChI is InChI=1S/C23H24N6O2/c1-27-10-12-28(13-11-27)21-20-19(23(30)26-16-6-5-7-17(14-16)31-2)18-8-3-4-9-29(18)22(20)25-15-24-21/h3-9,14-15H,10-13H2,1-2H3,(H,26,30). The third-order valence-corrected chi connectivity index (χ3v) is 5.76. The number of hydrogen-bond acceptors (Lipinski definition) is 6. The van der Waals surface area contributed by atoms with Crippen LogP contribution in [0.3, 0.4) is 0 Å². The monoisotopic (exact) mass is 416 g/mol. The molecule has 3 aromatic heterocycles. The molecule has 158 valence electrons. The maximum atomic E-state index is 13.5. The molecule has 8 nitrogen and oxygen atoms in total. The molecule has 1 saturated heterocycles. The van der Waals surface area contributed by atoms with Crippen LogP contribution in [0.25, 0.3) is 16.6 Å². The van der Waals surface area contributed by atoms with Crippen LogP contribution in [0.4, 0.5) is 11.5 Å². The van der Waals surface area contributed by atoms with Gasteiger partial charge in [-0.15, -0.1) is 0 Å². The first-order chi connectivity index (χ1) is 15.2. The number of nitrogens with zero attached hydrogens (tertiary/aromatic N) is 5. The number of fused-ring (bicyclic) bond motifs is 3. The predicted molar refractivity (Wildman–Crippen MR) is 121 cm³/mol. The van der Waals surface area contributed by atoms with Crippen molar-refractivity contribution in [3.8, 4) is 5.75 Å². The number of piperazine rings is 1. The molecule has 0 spiro atoms. The summed E-state index contributed by atoms with van der Waals surface area (Å²) in [6.45, 7) is 3.60. The van der Waals surface area contributed by atoms with Crippen LogP contribution >= 0.6 is 0 Å². The highest BCUT2D eigenvalue weighted by Crippen LogP contribution is 2.33. The second-order valence-corrected chi connectivity index (χ2v) is 7.70. The van der Waals surface area contributed by atoms with Crippen LogP contribution in [0.1, 0.15) is 10.4 Å². The molecule has 1 amide bonds. The molecule has 0 radical (unpaired) electrons. The van der Waals surface area contributed by atoms with Gasteiger partial charge >= 0.3 is 0 Å². The Kier molecular flexibility index (Phi) is 4.91. The van der Waals surface area contributed by atoms with E-state index in [1.165, 1.54) is 0 Å². The lowest BCUT2D eigenvalue weighted by Crippen LogP contribution is -2.45. The third-order valence-electron chi connectivity index (χ3n) is 5.76. The van der Waals surface area contributed by atoms with Crippen molar-refractivity contribution in [3.63, 3.8) is 0 Å². The summed E-state index contributed by atoms with van der Waals surface area (Å²) in [5.41, 5.74) is 2.78. The Hall–Kier alpha value is -3.65. The van der Waals surface area contributed by atoms with E-state index in [1.54, 1.807) is 19.5 Å². The molecule has 1 N–H and O–H groups in total. The van der Waals surface area contributed by atoms with Gasteiger partial charge in [0.25, 0.3) is 5.91 Å². The van der Waals surface area contributed by atoms with Gasteiger partial charge in [-0.1, -0.05) is 12.1 Å². The lowest BCUT2D eigenvalue weighted by molar-refractivity contribution is 0.102. The average molecular weight is 416 g/mol. The fourth-order valence-corrected chi connectivity index (χ4v) is 4.12. The summed E-state index contributed by atoms with van der Waals surface area (Å²) in [6.07, 6.45) is 3.51. The largest absolute Gasteiger partial charge is 0.497 e. The summed E-state index contributed by atoms with van der Waals surface area (Å²) >= 11 is 0. The van der Waals surface area contributed by atoms with Crippen molar-refractivity contribution in [2.24, 2.45) is 0 Å². The molecule has 1 fully saturated rings. The van der Waals surface area contributed by atoms with Gasteiger partial charge in [-0.25, -0.2) is 9.97 Å². The predicted octanol–water partition coefficient (Wildman–Crippen LogP) is 2.90. The van der Waals surface area contributed by atoms with Crippen molar-refractivity contribution >= 4 is 34.0 Å². The van der Waals surface area contributed by atoms with Crippen LogP contribution < -0.4 is 15.0 Å². The van der Waals surface area contributed by atoms with E-state index in [4.69, 9.17) is 4.74 Å². The quantitative estimate of drug-likeness (QED) is 0.551. The zero-order valence-corrected chi connectivity index (χ0v) is 17.6. The topological polar surface area (TPSA) is 75.0 Å². The highest BCUT2D eigenvalue weighted by molar-refractivity contribution is 6.20. The molecule has 1 aliphatic rings. The number of carbonyl (C=O) groups excluding carboxylic acids is 1. The van der Waals surface area contributed by atoms with E-state index in [0.29, 0.717) is 17.0 Å². The maximum Gasteiger partial charge on any atom is 0.258 e. The first-order valence-corrected chi connectivity index (χ1v) is 10.3. The van der Waals surface area contributed by atoms with Crippen molar-refractivity contribution in [2.45, 2.75) is 0 Å². The van der Waals surface area contributed by atoms with E-state index in [0.717, 1.165) is 48.5 Å². The Morgan fingerprint density at radius 2 is 1.90 bits per heavy atom. The van der Waals surface area contributed by atoms with Gasteiger partial charge in [-0.2, -0.15) is 0 Å². The summed E-state index contributed by atoms with van der Waals surface area (Å²) in [6, 6.07) is 13.2. The second-order valence-electron chi connectivity index (χ2n) is 7.70. The number of pyridine rings is 1. The minimum absolute atomic E-state index is 0.197. The molecule has 31 heavy (non-hydrogen) atoms. The zero-order chi connectivity index (χ0) is 21.4. The number of nitrogens with one attached hydrogen (secondary N) is 1. The second kappa shape index (κ2) is 7.88. The number of ether oxygens (including phenoxy) is 1. The van der Waals surface area contributed by atoms with E-state index in [1.807, 2.05) is 47.0 Å². The van der Waals surface area contributed by atoms with Crippen molar-refractivity contribution < 1.29 is 9.53 Å². The summed E-state index contributed by atoms with van der Waals surface area (Å²) < 4.78 is 7.24. The number of carbonyl (C=O) groups is 1.